The van der Waals surface area contributed by atoms with Gasteiger partial charge in [-0.2, -0.15) is 13.2 Å². The van der Waals surface area contributed by atoms with Crippen LogP contribution < -0.4 is 0 Å². The number of halogens is 8. The third-order valence-corrected chi connectivity index (χ3v) is 1.17. The number of alkyl halides is 8. The van der Waals surface area contributed by atoms with Crippen LogP contribution in [0.25, 0.3) is 0 Å². The first-order valence-corrected chi connectivity index (χ1v) is 3.95. The molecule has 0 radical (unpaired) electrons. The van der Waals surface area contributed by atoms with E-state index in [0.29, 0.717) is 12.8 Å². The monoisotopic (exact) mass is 246 g/mol. The molecule has 0 spiro atoms. The second-order valence-corrected chi connectivity index (χ2v) is 2.58. The first-order chi connectivity index (χ1) is 6.48. The van der Waals surface area contributed by atoms with Crippen molar-refractivity contribution < 1.29 is 35.1 Å². The highest BCUT2D eigenvalue weighted by molar-refractivity contribution is 4.64. The molecule has 0 amide bonds. The molecule has 15 heavy (non-hydrogen) atoms. The summed E-state index contributed by atoms with van der Waals surface area (Å²) >= 11 is 0. The van der Waals surface area contributed by atoms with Crippen LogP contribution in [0.15, 0.2) is 0 Å². The van der Waals surface area contributed by atoms with Crippen molar-refractivity contribution in [3.05, 3.63) is 0 Å². The predicted octanol–water partition coefficient (Wildman–Crippen LogP) is 4.55. The first-order valence-electron chi connectivity index (χ1n) is 3.95. The van der Waals surface area contributed by atoms with Crippen molar-refractivity contribution >= 4 is 0 Å². The van der Waals surface area contributed by atoms with Crippen molar-refractivity contribution in [2.45, 2.75) is 45.0 Å². The molecule has 0 heterocycles. The Kier molecular flexibility index (Phi) is 7.68. The van der Waals surface area contributed by atoms with Crippen LogP contribution in [0, 0.1) is 0 Å². The quantitative estimate of drug-likeness (QED) is 0.640. The van der Waals surface area contributed by atoms with E-state index in [1.165, 1.54) is 0 Å². The maximum atomic E-state index is 12.0. The molecule has 0 saturated heterocycles. The molecule has 0 bridgehead atoms. The summed E-state index contributed by atoms with van der Waals surface area (Å²) in [5.74, 6) is 0. The zero-order valence-corrected chi connectivity index (χ0v) is 7.72. The van der Waals surface area contributed by atoms with E-state index in [4.69, 9.17) is 0 Å². The van der Waals surface area contributed by atoms with Crippen LogP contribution in [0.5, 0.6) is 0 Å². The van der Waals surface area contributed by atoms with E-state index in [2.05, 4.69) is 0 Å². The summed E-state index contributed by atoms with van der Waals surface area (Å²) in [5.41, 5.74) is 0. The fraction of sp³-hybridized carbons (Fsp3) is 1.00. The number of unbranched alkanes of at least 4 members (excludes halogenated alkanes) is 1. The third kappa shape index (κ3) is 19.7. The molecule has 0 nitrogen and oxygen atoms in total. The second-order valence-electron chi connectivity index (χ2n) is 2.58. The van der Waals surface area contributed by atoms with Crippen LogP contribution in [0.3, 0.4) is 0 Å². The molecule has 1 atom stereocenters. The lowest BCUT2D eigenvalue weighted by Gasteiger charge is -2.10. The van der Waals surface area contributed by atoms with Gasteiger partial charge in [0.1, 0.15) is 0 Å². The van der Waals surface area contributed by atoms with Gasteiger partial charge >= 0.3 is 12.6 Å². The van der Waals surface area contributed by atoms with Crippen molar-refractivity contribution in [2.75, 3.05) is 0 Å². The molecule has 8 heteroatoms. The Hall–Kier alpha value is -0.560. The van der Waals surface area contributed by atoms with Gasteiger partial charge in [0.05, 0.1) is 0 Å². The van der Waals surface area contributed by atoms with Crippen molar-refractivity contribution in [1.29, 1.82) is 0 Å². The average molecular weight is 246 g/mol. The lowest BCUT2D eigenvalue weighted by molar-refractivity contribution is -0.237. The normalized spacial score (nSPS) is 14.2. The highest BCUT2D eigenvalue weighted by Gasteiger charge is 2.39. The molecule has 0 aliphatic rings. The highest BCUT2D eigenvalue weighted by Crippen LogP contribution is 2.26. The lowest BCUT2D eigenvalue weighted by Crippen LogP contribution is -2.23. The van der Waals surface area contributed by atoms with Gasteiger partial charge in [-0.25, -0.2) is 4.39 Å². The Morgan fingerprint density at radius 2 is 1.27 bits per heavy atom. The number of rotatable bonds is 3. The number of hydrogen-bond donors (Lipinski definition) is 0. The molecular weight excluding hydrogens is 236 g/mol. The fourth-order valence-corrected chi connectivity index (χ4v) is 0.547. The Labute approximate surface area is 81.3 Å². The molecule has 0 N–H and O–H groups in total. The molecule has 0 aromatic rings. The van der Waals surface area contributed by atoms with Crippen LogP contribution in [-0.4, -0.2) is 18.8 Å². The van der Waals surface area contributed by atoms with Crippen LogP contribution >= 0.6 is 0 Å². The fourth-order valence-electron chi connectivity index (χ4n) is 0.547. The molecule has 1 unspecified atom stereocenters. The summed E-state index contributed by atoms with van der Waals surface area (Å²) in [6.45, 7) is 1.73. The second kappa shape index (κ2) is 6.84. The smallest absolute Gasteiger partial charge is 0.237 e. The van der Waals surface area contributed by atoms with Gasteiger partial charge < -0.3 is 0 Å². The molecule has 0 rings (SSSR count). The highest BCUT2D eigenvalue weighted by atomic mass is 19.5. The van der Waals surface area contributed by atoms with E-state index in [-0.39, 0.29) is 0 Å². The van der Waals surface area contributed by atoms with Gasteiger partial charge in [-0.05, 0) is 6.42 Å². The third-order valence-electron chi connectivity index (χ3n) is 1.17. The van der Waals surface area contributed by atoms with Gasteiger partial charge in [-0.15, -0.1) is 17.6 Å². The van der Waals surface area contributed by atoms with Crippen molar-refractivity contribution in [3.8, 4) is 0 Å². The molecule has 94 valence electrons. The molecule has 0 aromatic carbocycles. The molecule has 0 aliphatic carbocycles. The van der Waals surface area contributed by atoms with Crippen LogP contribution in [0.1, 0.15) is 26.2 Å². The molecular formula is C7H10F8. The zero-order chi connectivity index (χ0) is 12.7. The Morgan fingerprint density at radius 3 is 1.47 bits per heavy atom. The van der Waals surface area contributed by atoms with Gasteiger partial charge in [0.15, 0.2) is 6.17 Å². The average Bonchev–Trinajstić information content (AvgIpc) is 1.94. The van der Waals surface area contributed by atoms with E-state index >= 15 is 0 Å². The van der Waals surface area contributed by atoms with Crippen molar-refractivity contribution in [2.24, 2.45) is 0 Å². The van der Waals surface area contributed by atoms with Crippen LogP contribution in [-0.2, 0) is 0 Å². The van der Waals surface area contributed by atoms with E-state index < -0.39 is 25.2 Å². The van der Waals surface area contributed by atoms with E-state index in [1.807, 2.05) is 0 Å². The summed E-state index contributed by atoms with van der Waals surface area (Å²) < 4.78 is 84.9. The lowest BCUT2D eigenvalue weighted by atomic mass is 10.2. The summed E-state index contributed by atoms with van der Waals surface area (Å²) in [6, 6.07) is 0. The van der Waals surface area contributed by atoms with E-state index in [1.54, 1.807) is 6.92 Å². The maximum Gasteiger partial charge on any atom is 0.559 e. The topological polar surface area (TPSA) is 0 Å². The SMILES string of the molecule is CCCCC(F)C(F)(F)F.FC(F)(F)F. The summed E-state index contributed by atoms with van der Waals surface area (Å²) in [5, 5.41) is 0. The standard InChI is InChI=1S/C6H10F4.CF4/c1-2-3-4-5(7)6(8,9)10;2-1(3,4)5/h5H,2-4H2,1H3;. The van der Waals surface area contributed by atoms with Gasteiger partial charge in [-0.3, -0.25) is 0 Å². The van der Waals surface area contributed by atoms with Crippen molar-refractivity contribution in [3.63, 3.8) is 0 Å². The van der Waals surface area contributed by atoms with Crippen molar-refractivity contribution in [1.82, 2.24) is 0 Å². The van der Waals surface area contributed by atoms with Gasteiger partial charge in [-0.1, -0.05) is 19.8 Å². The minimum absolute atomic E-state index is 0.292. The van der Waals surface area contributed by atoms with Gasteiger partial charge in [0.25, 0.3) is 0 Å². The molecule has 0 aliphatic heterocycles. The van der Waals surface area contributed by atoms with Gasteiger partial charge in [0.2, 0.25) is 0 Å². The number of hydrogen-bond acceptors (Lipinski definition) is 0. The van der Waals surface area contributed by atoms with E-state index in [0.717, 1.165) is 0 Å². The minimum atomic E-state index is -5.50. The Bertz CT molecular complexity index is 140. The Balaban J connectivity index is 0. The zero-order valence-electron chi connectivity index (χ0n) is 7.72. The maximum absolute atomic E-state index is 12.0. The summed E-state index contributed by atoms with van der Waals surface area (Å²) in [6.07, 6.45) is -12.3. The van der Waals surface area contributed by atoms with E-state index in [9.17, 15) is 35.1 Å². The minimum Gasteiger partial charge on any atom is -0.237 e. The Morgan fingerprint density at radius 1 is 0.933 bits per heavy atom. The molecule has 0 fully saturated rings. The van der Waals surface area contributed by atoms with Crippen LogP contribution in [0.4, 0.5) is 35.1 Å². The summed E-state index contributed by atoms with van der Waals surface area (Å²) in [4.78, 5) is 0. The van der Waals surface area contributed by atoms with Gasteiger partial charge in [0, 0.05) is 0 Å². The van der Waals surface area contributed by atoms with Crippen LogP contribution in [0.2, 0.25) is 0 Å². The molecule has 0 saturated carbocycles. The first kappa shape index (κ1) is 16.9. The predicted molar refractivity (Wildman–Crippen MR) is 37.6 cm³/mol. The molecule has 0 aromatic heterocycles. The largest absolute Gasteiger partial charge is 0.559 e. The summed E-state index contributed by atoms with van der Waals surface area (Å²) in [7, 11) is 0.